The first kappa shape index (κ1) is 15.9. The van der Waals surface area contributed by atoms with Crippen molar-refractivity contribution in [1.82, 2.24) is 24.8 Å². The molecule has 1 aliphatic rings. The quantitative estimate of drug-likeness (QED) is 0.587. The number of nitrogens with zero attached hydrogens (tertiary/aromatic N) is 6. The summed E-state index contributed by atoms with van der Waals surface area (Å²) in [5, 5.41) is 27.2. The molecule has 0 spiro atoms. The van der Waals surface area contributed by atoms with Gasteiger partial charge in [0.2, 0.25) is 0 Å². The van der Waals surface area contributed by atoms with Crippen molar-refractivity contribution < 1.29 is 0 Å². The van der Waals surface area contributed by atoms with Crippen LogP contribution in [0.1, 0.15) is 23.4 Å². The Kier molecular flexibility index (Phi) is 3.62. The van der Waals surface area contributed by atoms with Crippen molar-refractivity contribution in [3.8, 4) is 28.0 Å². The predicted molar refractivity (Wildman–Crippen MR) is 103 cm³/mol. The highest BCUT2D eigenvalue weighted by molar-refractivity contribution is 7.14. The van der Waals surface area contributed by atoms with Gasteiger partial charge in [-0.1, -0.05) is 11.3 Å². The molecule has 132 valence electrons. The Labute approximate surface area is 159 Å². The van der Waals surface area contributed by atoms with Gasteiger partial charge in [0.1, 0.15) is 11.1 Å². The number of pyridine rings is 1. The molecule has 4 aromatic rings. The van der Waals surface area contributed by atoms with Crippen molar-refractivity contribution in [3.63, 3.8) is 0 Å². The number of fused-ring (bicyclic) bond motifs is 1. The molecule has 0 amide bonds. The number of rotatable bonds is 4. The van der Waals surface area contributed by atoms with Gasteiger partial charge in [-0.2, -0.15) is 10.4 Å². The Bertz CT molecular complexity index is 1200. The first-order valence-corrected chi connectivity index (χ1v) is 9.48. The Hall–Kier alpha value is -3.31. The van der Waals surface area contributed by atoms with E-state index in [1.165, 1.54) is 12.8 Å². The molecule has 1 saturated carbocycles. The molecule has 1 fully saturated rings. The molecule has 0 aliphatic heterocycles. The molecule has 1 N–H and O–H groups in total. The molecule has 8 heteroatoms. The van der Waals surface area contributed by atoms with Crippen molar-refractivity contribution in [2.24, 2.45) is 0 Å². The number of aromatic nitrogens is 5. The average Bonchev–Trinajstić information content (AvgIpc) is 3.23. The van der Waals surface area contributed by atoms with Gasteiger partial charge in [0.15, 0.2) is 5.01 Å². The van der Waals surface area contributed by atoms with Gasteiger partial charge in [-0.25, -0.2) is 4.52 Å². The third kappa shape index (κ3) is 2.92. The smallest absolute Gasteiger partial charge is 0.151 e. The van der Waals surface area contributed by atoms with Crippen LogP contribution >= 0.6 is 11.3 Å². The molecule has 4 aromatic heterocycles. The van der Waals surface area contributed by atoms with Gasteiger partial charge in [-0.15, -0.1) is 10.2 Å². The van der Waals surface area contributed by atoms with Crippen molar-refractivity contribution >= 4 is 22.5 Å². The second-order valence-electron chi connectivity index (χ2n) is 6.57. The molecule has 5 rings (SSSR count). The van der Waals surface area contributed by atoms with Gasteiger partial charge < -0.3 is 5.32 Å². The Morgan fingerprint density at radius 2 is 2.11 bits per heavy atom. The summed E-state index contributed by atoms with van der Waals surface area (Å²) in [5.41, 5.74) is 5.09. The molecule has 0 atom stereocenters. The van der Waals surface area contributed by atoms with Crippen LogP contribution in [0.5, 0.6) is 0 Å². The number of anilines is 1. The lowest BCUT2D eigenvalue weighted by atomic mass is 10.2. The average molecular weight is 373 g/mol. The highest BCUT2D eigenvalue weighted by Gasteiger charge is 2.24. The number of nitrogens with one attached hydrogen (secondary N) is 1. The Morgan fingerprint density at radius 3 is 2.85 bits per heavy atom. The monoisotopic (exact) mass is 373 g/mol. The minimum absolute atomic E-state index is 0.508. The molecule has 27 heavy (non-hydrogen) atoms. The second kappa shape index (κ2) is 6.14. The highest BCUT2D eigenvalue weighted by Crippen LogP contribution is 2.36. The van der Waals surface area contributed by atoms with Crippen LogP contribution in [0, 0.1) is 18.3 Å². The lowest BCUT2D eigenvalue weighted by Crippen LogP contribution is -2.04. The molecule has 0 aromatic carbocycles. The maximum absolute atomic E-state index is 9.06. The summed E-state index contributed by atoms with van der Waals surface area (Å²) in [4.78, 5) is 4.66. The molecule has 0 saturated heterocycles. The summed E-state index contributed by atoms with van der Waals surface area (Å²) in [6.45, 7) is 1.95. The number of hydrogen-bond donors (Lipinski definition) is 1. The largest absolute Gasteiger partial charge is 0.382 e. The molecular weight excluding hydrogens is 358 g/mol. The molecule has 1 aliphatic carbocycles. The fourth-order valence-corrected chi connectivity index (χ4v) is 3.71. The number of aryl methyl sites for hydroxylation is 1. The van der Waals surface area contributed by atoms with Crippen LogP contribution in [0.15, 0.2) is 36.7 Å². The van der Waals surface area contributed by atoms with E-state index in [9.17, 15) is 0 Å². The SMILES string of the molecule is Cc1nnc(-c2cnc(-c3ccc4cc(C#N)cnn34)cc2NC2CC2)s1. The molecule has 0 unspecified atom stereocenters. The third-order valence-electron chi connectivity index (χ3n) is 4.49. The lowest BCUT2D eigenvalue weighted by molar-refractivity contribution is 0.939. The first-order chi connectivity index (χ1) is 13.2. The first-order valence-electron chi connectivity index (χ1n) is 8.66. The standard InChI is InChI=1S/C19H15N7S/c1-11-24-25-19(27-11)15-10-21-17(7-16(15)23-13-2-3-13)18-5-4-14-6-12(8-20)9-22-26(14)18/h4-7,9-10,13H,2-3H2,1H3,(H,21,23). The lowest BCUT2D eigenvalue weighted by Gasteiger charge is -2.11. The number of hydrogen-bond acceptors (Lipinski definition) is 7. The summed E-state index contributed by atoms with van der Waals surface area (Å²) in [7, 11) is 0. The van der Waals surface area contributed by atoms with Gasteiger partial charge in [-0.3, -0.25) is 4.98 Å². The number of nitriles is 1. The Morgan fingerprint density at radius 1 is 1.22 bits per heavy atom. The van der Waals surface area contributed by atoms with Crippen molar-refractivity contribution in [2.45, 2.75) is 25.8 Å². The van der Waals surface area contributed by atoms with Crippen LogP contribution in [0.3, 0.4) is 0 Å². The normalized spacial score (nSPS) is 13.6. The van der Waals surface area contributed by atoms with E-state index in [-0.39, 0.29) is 0 Å². The molecular formula is C19H15N7S. The molecule has 0 bridgehead atoms. The van der Waals surface area contributed by atoms with E-state index in [4.69, 9.17) is 5.26 Å². The van der Waals surface area contributed by atoms with Crippen LogP contribution in [0.2, 0.25) is 0 Å². The highest BCUT2D eigenvalue weighted by atomic mass is 32.1. The van der Waals surface area contributed by atoms with E-state index in [1.807, 2.05) is 37.4 Å². The fraction of sp³-hybridized carbons (Fsp3) is 0.211. The van der Waals surface area contributed by atoms with E-state index < -0.39 is 0 Å². The van der Waals surface area contributed by atoms with Gasteiger partial charge in [0, 0.05) is 17.9 Å². The van der Waals surface area contributed by atoms with Gasteiger partial charge >= 0.3 is 0 Å². The zero-order valence-electron chi connectivity index (χ0n) is 14.5. The van der Waals surface area contributed by atoms with Gasteiger partial charge in [0.25, 0.3) is 0 Å². The zero-order chi connectivity index (χ0) is 18.4. The van der Waals surface area contributed by atoms with Crippen LogP contribution < -0.4 is 5.32 Å². The van der Waals surface area contributed by atoms with Crippen LogP contribution in [-0.2, 0) is 0 Å². The van der Waals surface area contributed by atoms with E-state index in [1.54, 1.807) is 22.0 Å². The van der Waals surface area contributed by atoms with Crippen molar-refractivity contribution in [1.29, 1.82) is 5.26 Å². The van der Waals surface area contributed by atoms with Gasteiger partial charge in [0.05, 0.1) is 34.2 Å². The minimum Gasteiger partial charge on any atom is -0.382 e. The molecule has 0 radical (unpaired) electrons. The molecule has 7 nitrogen and oxygen atoms in total. The van der Waals surface area contributed by atoms with Gasteiger partial charge in [-0.05, 0) is 44.0 Å². The zero-order valence-corrected chi connectivity index (χ0v) is 15.4. The van der Waals surface area contributed by atoms with Crippen LogP contribution in [0.25, 0.3) is 27.5 Å². The minimum atomic E-state index is 0.508. The maximum atomic E-state index is 9.06. The summed E-state index contributed by atoms with van der Waals surface area (Å²) in [6, 6.07) is 10.4. The van der Waals surface area contributed by atoms with E-state index in [2.05, 4.69) is 31.7 Å². The summed E-state index contributed by atoms with van der Waals surface area (Å²) in [5.74, 6) is 0. The predicted octanol–water partition coefficient (Wildman–Crippen LogP) is 3.67. The summed E-state index contributed by atoms with van der Waals surface area (Å²) < 4.78 is 1.80. The second-order valence-corrected chi connectivity index (χ2v) is 7.75. The van der Waals surface area contributed by atoms with E-state index >= 15 is 0 Å². The Balaban J connectivity index is 1.62. The van der Waals surface area contributed by atoms with Crippen molar-refractivity contribution in [2.75, 3.05) is 5.32 Å². The third-order valence-corrected chi connectivity index (χ3v) is 5.36. The van der Waals surface area contributed by atoms with Crippen molar-refractivity contribution in [3.05, 3.63) is 47.2 Å². The summed E-state index contributed by atoms with van der Waals surface area (Å²) >= 11 is 1.56. The van der Waals surface area contributed by atoms with Crippen LogP contribution in [0.4, 0.5) is 5.69 Å². The summed E-state index contributed by atoms with van der Waals surface area (Å²) in [6.07, 6.45) is 5.78. The van der Waals surface area contributed by atoms with Crippen LogP contribution in [-0.4, -0.2) is 30.8 Å². The maximum Gasteiger partial charge on any atom is 0.151 e. The molecule has 4 heterocycles. The van der Waals surface area contributed by atoms with E-state index in [0.29, 0.717) is 11.6 Å². The topological polar surface area (TPSA) is 91.8 Å². The van der Waals surface area contributed by atoms with E-state index in [0.717, 1.165) is 38.2 Å². The fourth-order valence-electron chi connectivity index (χ4n) is 2.99.